The Hall–Kier alpha value is -3.31. The summed E-state index contributed by atoms with van der Waals surface area (Å²) in [4.78, 5) is 23.9. The van der Waals surface area contributed by atoms with E-state index in [-0.39, 0.29) is 6.61 Å². The summed E-state index contributed by atoms with van der Waals surface area (Å²) in [5.41, 5.74) is 3.11. The van der Waals surface area contributed by atoms with Gasteiger partial charge in [0, 0.05) is 10.0 Å². The fourth-order valence-corrected chi connectivity index (χ4v) is 2.39. The predicted molar refractivity (Wildman–Crippen MR) is 106 cm³/mol. The van der Waals surface area contributed by atoms with E-state index in [1.165, 1.54) is 13.3 Å². The summed E-state index contributed by atoms with van der Waals surface area (Å²) in [6, 6.07) is 12.0. The predicted octanol–water partition coefficient (Wildman–Crippen LogP) is 2.56. The van der Waals surface area contributed by atoms with Crippen molar-refractivity contribution in [3.8, 4) is 23.8 Å². The summed E-state index contributed by atoms with van der Waals surface area (Å²) in [7, 11) is 1.47. The second-order valence-electron chi connectivity index (χ2n) is 5.03. The monoisotopic (exact) mass is 429 g/mol. The number of hydrazone groups is 1. The number of amides is 2. The quantitative estimate of drug-likeness (QED) is 0.319. The van der Waals surface area contributed by atoms with Crippen molar-refractivity contribution >= 4 is 39.6 Å². The van der Waals surface area contributed by atoms with Gasteiger partial charge in [0.05, 0.1) is 19.0 Å². The molecule has 0 aliphatic heterocycles. The molecule has 2 rings (SSSR count). The molecule has 8 heteroatoms. The number of nitrogens with one attached hydrogen (secondary N) is 2. The van der Waals surface area contributed by atoms with Crippen LogP contribution in [0.5, 0.6) is 11.5 Å². The fourth-order valence-electron chi connectivity index (χ4n) is 2.01. The molecule has 0 saturated carbocycles. The maximum atomic E-state index is 12.0. The number of halogens is 1. The zero-order valence-corrected chi connectivity index (χ0v) is 15.9. The smallest absolute Gasteiger partial charge is 0.329 e. The van der Waals surface area contributed by atoms with Crippen LogP contribution in [-0.2, 0) is 9.59 Å². The number of carbonyl (C=O) groups excluding carboxylic acids is 2. The third-order valence-corrected chi connectivity index (χ3v) is 3.71. The standard InChI is InChI=1S/C19H16BrN3O4/c1-3-10-27-16-9-8-14(20)11-13(16)12-21-23-19(25)18(24)22-15-6-4-5-7-17(15)26-2/h1,4-9,11-12H,10H2,2H3,(H,22,24)(H,23,25)/b21-12-. The summed E-state index contributed by atoms with van der Waals surface area (Å²) < 4.78 is 11.3. The molecule has 0 bridgehead atoms. The van der Waals surface area contributed by atoms with Gasteiger partial charge in [-0.25, -0.2) is 5.43 Å². The summed E-state index contributed by atoms with van der Waals surface area (Å²) in [6.07, 6.45) is 6.54. The van der Waals surface area contributed by atoms with E-state index in [0.29, 0.717) is 22.7 Å². The number of methoxy groups -OCH3 is 1. The molecule has 7 nitrogen and oxygen atoms in total. The van der Waals surface area contributed by atoms with E-state index >= 15 is 0 Å². The molecule has 0 heterocycles. The van der Waals surface area contributed by atoms with Crippen LogP contribution in [0.1, 0.15) is 5.56 Å². The van der Waals surface area contributed by atoms with Crippen LogP contribution >= 0.6 is 15.9 Å². The van der Waals surface area contributed by atoms with E-state index < -0.39 is 11.8 Å². The lowest BCUT2D eigenvalue weighted by atomic mass is 10.2. The molecule has 0 radical (unpaired) electrons. The van der Waals surface area contributed by atoms with Gasteiger partial charge < -0.3 is 14.8 Å². The largest absolute Gasteiger partial charge is 0.495 e. The van der Waals surface area contributed by atoms with Crippen molar-refractivity contribution in [2.45, 2.75) is 0 Å². The molecule has 2 aromatic carbocycles. The minimum Gasteiger partial charge on any atom is -0.495 e. The number of hydrogen-bond donors (Lipinski definition) is 2. The lowest BCUT2D eigenvalue weighted by Gasteiger charge is -2.09. The van der Waals surface area contributed by atoms with E-state index in [1.807, 2.05) is 0 Å². The van der Waals surface area contributed by atoms with Crippen LogP contribution in [-0.4, -0.2) is 31.7 Å². The van der Waals surface area contributed by atoms with Crippen molar-refractivity contribution in [2.24, 2.45) is 5.10 Å². The van der Waals surface area contributed by atoms with Crippen LogP contribution in [0, 0.1) is 12.3 Å². The number of hydrogen-bond acceptors (Lipinski definition) is 5. The van der Waals surface area contributed by atoms with Crippen molar-refractivity contribution in [3.05, 3.63) is 52.5 Å². The molecule has 0 unspecified atom stereocenters. The molecule has 0 aliphatic carbocycles. The number of carbonyl (C=O) groups is 2. The van der Waals surface area contributed by atoms with E-state index in [9.17, 15) is 9.59 Å². The van der Waals surface area contributed by atoms with Gasteiger partial charge in [0.1, 0.15) is 18.1 Å². The van der Waals surface area contributed by atoms with Gasteiger partial charge in [0.15, 0.2) is 0 Å². The van der Waals surface area contributed by atoms with Crippen molar-refractivity contribution in [1.29, 1.82) is 0 Å². The van der Waals surface area contributed by atoms with Gasteiger partial charge in [0.2, 0.25) is 0 Å². The Morgan fingerprint density at radius 1 is 1.22 bits per heavy atom. The normalized spacial score (nSPS) is 10.1. The Morgan fingerprint density at radius 2 is 2.00 bits per heavy atom. The summed E-state index contributed by atoms with van der Waals surface area (Å²) in [6.45, 7) is 0.0934. The van der Waals surface area contributed by atoms with Gasteiger partial charge in [-0.1, -0.05) is 34.0 Å². The van der Waals surface area contributed by atoms with Gasteiger partial charge in [-0.3, -0.25) is 9.59 Å². The fraction of sp³-hybridized carbons (Fsp3) is 0.105. The van der Waals surface area contributed by atoms with Crippen LogP contribution in [0.25, 0.3) is 0 Å². The van der Waals surface area contributed by atoms with Crippen molar-refractivity contribution in [2.75, 3.05) is 19.0 Å². The molecule has 0 spiro atoms. The molecular formula is C19H16BrN3O4. The molecule has 138 valence electrons. The van der Waals surface area contributed by atoms with Crippen LogP contribution in [0.15, 0.2) is 52.0 Å². The van der Waals surface area contributed by atoms with E-state index in [2.05, 4.69) is 37.7 Å². The first-order chi connectivity index (χ1) is 13.0. The molecule has 2 aromatic rings. The Labute approximate surface area is 164 Å². The van der Waals surface area contributed by atoms with E-state index in [4.69, 9.17) is 15.9 Å². The number of benzene rings is 2. The number of rotatable bonds is 6. The average molecular weight is 430 g/mol. The first-order valence-electron chi connectivity index (χ1n) is 7.68. The zero-order valence-electron chi connectivity index (χ0n) is 14.4. The Bertz CT molecular complexity index is 906. The molecule has 2 N–H and O–H groups in total. The highest BCUT2D eigenvalue weighted by Crippen LogP contribution is 2.23. The Morgan fingerprint density at radius 3 is 2.74 bits per heavy atom. The maximum Gasteiger partial charge on any atom is 0.329 e. The summed E-state index contributed by atoms with van der Waals surface area (Å²) >= 11 is 3.34. The van der Waals surface area contributed by atoms with E-state index in [1.54, 1.807) is 42.5 Å². The molecule has 2 amide bonds. The van der Waals surface area contributed by atoms with Crippen LogP contribution in [0.3, 0.4) is 0 Å². The van der Waals surface area contributed by atoms with Gasteiger partial charge >= 0.3 is 11.8 Å². The van der Waals surface area contributed by atoms with Gasteiger partial charge in [-0.2, -0.15) is 5.10 Å². The number of para-hydroxylation sites is 2. The van der Waals surface area contributed by atoms with Crippen LogP contribution in [0.4, 0.5) is 5.69 Å². The summed E-state index contributed by atoms with van der Waals surface area (Å²) in [5, 5.41) is 6.24. The third-order valence-electron chi connectivity index (χ3n) is 3.21. The Kier molecular flexibility index (Phi) is 7.40. The van der Waals surface area contributed by atoms with Crippen molar-refractivity contribution < 1.29 is 19.1 Å². The molecule has 27 heavy (non-hydrogen) atoms. The summed E-state index contributed by atoms with van der Waals surface area (Å²) in [5.74, 6) is 1.49. The SMILES string of the molecule is C#CCOc1ccc(Br)cc1/C=N\NC(=O)C(=O)Nc1ccccc1OC. The first kappa shape index (κ1) is 20.0. The number of nitrogens with zero attached hydrogens (tertiary/aromatic N) is 1. The first-order valence-corrected chi connectivity index (χ1v) is 8.47. The highest BCUT2D eigenvalue weighted by molar-refractivity contribution is 9.10. The average Bonchev–Trinajstić information content (AvgIpc) is 2.67. The molecule has 0 aromatic heterocycles. The van der Waals surface area contributed by atoms with Crippen LogP contribution < -0.4 is 20.2 Å². The molecule has 0 saturated heterocycles. The minimum absolute atomic E-state index is 0.0934. The number of ether oxygens (including phenoxy) is 2. The molecule has 0 aliphatic rings. The lowest BCUT2D eigenvalue weighted by molar-refractivity contribution is -0.136. The molecule has 0 atom stereocenters. The van der Waals surface area contributed by atoms with Crippen molar-refractivity contribution in [3.63, 3.8) is 0 Å². The topological polar surface area (TPSA) is 89.0 Å². The number of anilines is 1. The van der Waals surface area contributed by atoms with Gasteiger partial charge in [0.25, 0.3) is 0 Å². The van der Waals surface area contributed by atoms with Crippen molar-refractivity contribution in [1.82, 2.24) is 5.43 Å². The zero-order chi connectivity index (χ0) is 19.6. The van der Waals surface area contributed by atoms with Crippen LogP contribution in [0.2, 0.25) is 0 Å². The molecular weight excluding hydrogens is 414 g/mol. The van der Waals surface area contributed by atoms with Gasteiger partial charge in [-0.05, 0) is 30.3 Å². The molecule has 0 fully saturated rings. The second-order valence-corrected chi connectivity index (χ2v) is 5.94. The lowest BCUT2D eigenvalue weighted by Crippen LogP contribution is -2.32. The second kappa shape index (κ2) is 9.99. The highest BCUT2D eigenvalue weighted by atomic mass is 79.9. The highest BCUT2D eigenvalue weighted by Gasteiger charge is 2.15. The minimum atomic E-state index is -0.932. The number of terminal acetylenes is 1. The van der Waals surface area contributed by atoms with E-state index in [0.717, 1.165) is 4.47 Å². The Balaban J connectivity index is 2.01. The van der Waals surface area contributed by atoms with Gasteiger partial charge in [-0.15, -0.1) is 6.42 Å². The third kappa shape index (κ3) is 5.87. The maximum absolute atomic E-state index is 12.0.